The van der Waals surface area contributed by atoms with Crippen LogP contribution in [-0.2, 0) is 10.2 Å². The number of carbonyl (C=O) groups is 1. The molecule has 0 saturated carbocycles. The first-order valence-corrected chi connectivity index (χ1v) is 6.83. The Morgan fingerprint density at radius 3 is 2.25 bits per heavy atom. The Kier molecular flexibility index (Phi) is 4.15. The van der Waals surface area contributed by atoms with Crippen LogP contribution in [0, 0.1) is 0 Å². The largest absolute Gasteiger partial charge is 0.426 e. The lowest BCUT2D eigenvalue weighted by Gasteiger charge is -2.27. The normalized spacial score (nSPS) is 11.2. The van der Waals surface area contributed by atoms with E-state index in [1.807, 2.05) is 48.5 Å². The van der Waals surface area contributed by atoms with Gasteiger partial charge >= 0.3 is 5.97 Å². The molecular weight excluding hydrogens is 272 g/mol. The number of para-hydroxylation sites is 1. The molecule has 3 heteroatoms. The summed E-state index contributed by atoms with van der Waals surface area (Å²) in [6.45, 7) is 5.60. The van der Waals surface area contributed by atoms with Crippen molar-refractivity contribution in [1.29, 1.82) is 0 Å². The average molecular weight is 289 g/mol. The predicted molar refractivity (Wildman–Crippen MR) is 81.3 cm³/mol. The molecule has 2 aromatic carbocycles. The van der Waals surface area contributed by atoms with E-state index in [4.69, 9.17) is 16.3 Å². The minimum Gasteiger partial charge on any atom is -0.426 e. The fraction of sp³-hybridized carbons (Fsp3) is 0.235. The first-order chi connectivity index (χ1) is 9.41. The Morgan fingerprint density at radius 2 is 1.65 bits per heavy atom. The molecule has 104 valence electrons. The molecule has 0 amide bonds. The summed E-state index contributed by atoms with van der Waals surface area (Å²) >= 11 is 5.94. The van der Waals surface area contributed by atoms with Gasteiger partial charge in [-0.25, -0.2) is 0 Å². The van der Waals surface area contributed by atoms with E-state index in [1.165, 1.54) is 6.92 Å². The minimum absolute atomic E-state index is 0.281. The quantitative estimate of drug-likeness (QED) is 0.610. The Hall–Kier alpha value is -1.80. The molecule has 0 radical (unpaired) electrons. The highest BCUT2D eigenvalue weighted by molar-refractivity contribution is 6.30. The van der Waals surface area contributed by atoms with E-state index in [9.17, 15) is 4.79 Å². The van der Waals surface area contributed by atoms with Gasteiger partial charge in [-0.1, -0.05) is 55.8 Å². The summed E-state index contributed by atoms with van der Waals surface area (Å²) in [6.07, 6.45) is 0. The zero-order chi connectivity index (χ0) is 14.8. The molecule has 0 aromatic heterocycles. The lowest BCUT2D eigenvalue weighted by atomic mass is 9.78. The zero-order valence-electron chi connectivity index (χ0n) is 11.8. The van der Waals surface area contributed by atoms with Crippen molar-refractivity contribution in [1.82, 2.24) is 0 Å². The molecule has 20 heavy (non-hydrogen) atoms. The molecule has 0 bridgehead atoms. The Bertz CT molecular complexity index is 615. The molecule has 0 unspecified atom stereocenters. The van der Waals surface area contributed by atoms with E-state index < -0.39 is 0 Å². The third-order valence-electron chi connectivity index (χ3n) is 3.38. The van der Waals surface area contributed by atoms with E-state index in [0.717, 1.165) is 11.1 Å². The molecule has 2 nitrogen and oxygen atoms in total. The Labute approximate surface area is 124 Å². The number of hydrogen-bond acceptors (Lipinski definition) is 2. The van der Waals surface area contributed by atoms with Crippen LogP contribution in [0.1, 0.15) is 31.9 Å². The molecular formula is C17H17ClO2. The van der Waals surface area contributed by atoms with Crippen LogP contribution in [0.5, 0.6) is 5.75 Å². The maximum absolute atomic E-state index is 11.2. The number of esters is 1. The molecule has 0 aliphatic carbocycles. The molecule has 0 spiro atoms. The molecule has 2 aromatic rings. The number of halogens is 1. The second kappa shape index (κ2) is 5.68. The summed E-state index contributed by atoms with van der Waals surface area (Å²) in [5.41, 5.74) is 1.80. The molecule has 0 aliphatic rings. The maximum atomic E-state index is 11.2. The van der Waals surface area contributed by atoms with E-state index >= 15 is 0 Å². The van der Waals surface area contributed by atoms with Gasteiger partial charge in [0, 0.05) is 22.9 Å². The average Bonchev–Trinajstić information content (AvgIpc) is 2.39. The number of ether oxygens (including phenoxy) is 1. The van der Waals surface area contributed by atoms with Crippen LogP contribution in [0.3, 0.4) is 0 Å². The highest BCUT2D eigenvalue weighted by Gasteiger charge is 2.26. The van der Waals surface area contributed by atoms with Crippen molar-refractivity contribution >= 4 is 17.6 Å². The molecule has 0 fully saturated rings. The smallest absolute Gasteiger partial charge is 0.308 e. The third-order valence-corrected chi connectivity index (χ3v) is 3.63. The molecule has 0 heterocycles. The maximum Gasteiger partial charge on any atom is 0.308 e. The molecule has 0 aliphatic heterocycles. The summed E-state index contributed by atoms with van der Waals surface area (Å²) in [6, 6.07) is 15.3. The highest BCUT2D eigenvalue weighted by atomic mass is 35.5. The number of hydrogen-bond donors (Lipinski definition) is 0. The lowest BCUT2D eigenvalue weighted by molar-refractivity contribution is -0.131. The topological polar surface area (TPSA) is 26.3 Å². The lowest BCUT2D eigenvalue weighted by Crippen LogP contribution is -2.20. The monoisotopic (exact) mass is 288 g/mol. The van der Waals surface area contributed by atoms with Crippen LogP contribution in [0.25, 0.3) is 0 Å². The van der Waals surface area contributed by atoms with Gasteiger partial charge in [0.25, 0.3) is 0 Å². The predicted octanol–water partition coefficient (Wildman–Crippen LogP) is 4.59. The van der Waals surface area contributed by atoms with Gasteiger partial charge in [0.2, 0.25) is 0 Å². The summed E-state index contributed by atoms with van der Waals surface area (Å²) in [7, 11) is 0. The van der Waals surface area contributed by atoms with Crippen LogP contribution >= 0.6 is 11.6 Å². The Balaban J connectivity index is 2.48. The van der Waals surface area contributed by atoms with E-state index in [2.05, 4.69) is 13.8 Å². The Morgan fingerprint density at radius 1 is 1.05 bits per heavy atom. The van der Waals surface area contributed by atoms with Gasteiger partial charge in [-0.05, 0) is 23.8 Å². The van der Waals surface area contributed by atoms with E-state index in [-0.39, 0.29) is 11.4 Å². The first kappa shape index (κ1) is 14.6. The molecule has 2 rings (SSSR count). The van der Waals surface area contributed by atoms with E-state index in [1.54, 1.807) is 0 Å². The van der Waals surface area contributed by atoms with Gasteiger partial charge in [-0.15, -0.1) is 0 Å². The van der Waals surface area contributed by atoms with Gasteiger partial charge < -0.3 is 4.74 Å². The van der Waals surface area contributed by atoms with Crippen molar-refractivity contribution in [3.8, 4) is 5.75 Å². The van der Waals surface area contributed by atoms with Crippen molar-refractivity contribution in [2.45, 2.75) is 26.2 Å². The number of rotatable bonds is 3. The van der Waals surface area contributed by atoms with Crippen molar-refractivity contribution in [3.05, 3.63) is 64.7 Å². The van der Waals surface area contributed by atoms with E-state index in [0.29, 0.717) is 10.8 Å². The first-order valence-electron chi connectivity index (χ1n) is 6.45. The van der Waals surface area contributed by atoms with Gasteiger partial charge in [-0.3, -0.25) is 4.79 Å². The van der Waals surface area contributed by atoms with Crippen LogP contribution in [0.15, 0.2) is 48.5 Å². The van der Waals surface area contributed by atoms with Gasteiger partial charge in [-0.2, -0.15) is 0 Å². The molecule has 0 saturated heterocycles. The summed E-state index contributed by atoms with van der Waals surface area (Å²) < 4.78 is 5.31. The summed E-state index contributed by atoms with van der Waals surface area (Å²) in [5, 5.41) is 0.706. The second-order valence-corrected chi connectivity index (χ2v) is 5.66. The number of carbonyl (C=O) groups excluding carboxylic acids is 1. The SMILES string of the molecule is CC(=O)Oc1ccccc1C(C)(C)c1ccc(Cl)cc1. The highest BCUT2D eigenvalue weighted by Crippen LogP contribution is 2.37. The van der Waals surface area contributed by atoms with Gasteiger partial charge in [0.15, 0.2) is 0 Å². The van der Waals surface area contributed by atoms with Gasteiger partial charge in [0.05, 0.1) is 0 Å². The van der Waals surface area contributed by atoms with Crippen molar-refractivity contribution in [2.75, 3.05) is 0 Å². The van der Waals surface area contributed by atoms with Crippen LogP contribution < -0.4 is 4.74 Å². The standard InChI is InChI=1S/C17H17ClO2/c1-12(19)20-16-7-5-4-6-15(16)17(2,3)13-8-10-14(18)11-9-13/h4-11H,1-3H3. The fourth-order valence-electron chi connectivity index (χ4n) is 2.25. The fourth-order valence-corrected chi connectivity index (χ4v) is 2.37. The second-order valence-electron chi connectivity index (χ2n) is 5.22. The van der Waals surface area contributed by atoms with Crippen molar-refractivity contribution in [3.63, 3.8) is 0 Å². The third kappa shape index (κ3) is 3.02. The molecule has 0 atom stereocenters. The van der Waals surface area contributed by atoms with Crippen molar-refractivity contribution in [2.24, 2.45) is 0 Å². The van der Waals surface area contributed by atoms with Gasteiger partial charge in [0.1, 0.15) is 5.75 Å². The number of benzene rings is 2. The van der Waals surface area contributed by atoms with Crippen molar-refractivity contribution < 1.29 is 9.53 Å². The van der Waals surface area contributed by atoms with Crippen LogP contribution in [-0.4, -0.2) is 5.97 Å². The zero-order valence-corrected chi connectivity index (χ0v) is 12.6. The summed E-state index contributed by atoms with van der Waals surface area (Å²) in [5.74, 6) is 0.282. The minimum atomic E-state index is -0.315. The molecule has 0 N–H and O–H groups in total. The van der Waals surface area contributed by atoms with Crippen LogP contribution in [0.4, 0.5) is 0 Å². The van der Waals surface area contributed by atoms with Crippen LogP contribution in [0.2, 0.25) is 5.02 Å². The summed E-state index contributed by atoms with van der Waals surface area (Å²) in [4.78, 5) is 11.2.